The fraction of sp³-hybridized carbons (Fsp3) is 0.625. The van der Waals surface area contributed by atoms with E-state index in [1.165, 1.54) is 42.5 Å². The van der Waals surface area contributed by atoms with E-state index < -0.39 is 0 Å². The summed E-state index contributed by atoms with van der Waals surface area (Å²) in [5, 5.41) is 0.939. The molecule has 2 aliphatic carbocycles. The van der Waals surface area contributed by atoms with Gasteiger partial charge in [0.2, 0.25) is 0 Å². The average molecular weight is 320 g/mol. The quantitative estimate of drug-likeness (QED) is 0.785. The van der Waals surface area contributed by atoms with Gasteiger partial charge in [0.25, 0.3) is 5.56 Å². The number of nitrogens with zero attached hydrogens (tertiary/aromatic N) is 1. The Labute approximate surface area is 133 Å². The zero-order valence-corrected chi connectivity index (χ0v) is 13.7. The third-order valence-electron chi connectivity index (χ3n) is 4.98. The smallest absolute Gasteiger partial charge is 0.263 e. The first-order chi connectivity index (χ1) is 10.3. The van der Waals surface area contributed by atoms with Crippen molar-refractivity contribution in [1.82, 2.24) is 9.55 Å². The van der Waals surface area contributed by atoms with Crippen LogP contribution in [0.4, 0.5) is 0 Å². The van der Waals surface area contributed by atoms with Crippen LogP contribution in [0.2, 0.25) is 0 Å². The third-order valence-corrected chi connectivity index (χ3v) is 6.49. The van der Waals surface area contributed by atoms with E-state index in [0.29, 0.717) is 10.8 Å². The van der Waals surface area contributed by atoms with Crippen molar-refractivity contribution in [2.24, 2.45) is 0 Å². The lowest BCUT2D eigenvalue weighted by atomic mass is 9.95. The minimum absolute atomic E-state index is 0.167. The Morgan fingerprint density at radius 2 is 1.86 bits per heavy atom. The number of hydrogen-bond acceptors (Lipinski definition) is 3. The zero-order chi connectivity index (χ0) is 14.4. The summed E-state index contributed by atoms with van der Waals surface area (Å²) in [4.78, 5) is 18.8. The number of H-pyrrole nitrogens is 1. The van der Waals surface area contributed by atoms with Crippen molar-refractivity contribution in [2.75, 3.05) is 0 Å². The summed E-state index contributed by atoms with van der Waals surface area (Å²) in [7, 11) is 0. The van der Waals surface area contributed by atoms with Crippen LogP contribution in [0.15, 0.2) is 4.79 Å². The van der Waals surface area contributed by atoms with Crippen LogP contribution in [-0.2, 0) is 12.8 Å². The molecule has 2 heterocycles. The van der Waals surface area contributed by atoms with Crippen LogP contribution in [0.25, 0.3) is 10.2 Å². The lowest BCUT2D eigenvalue weighted by Crippen LogP contribution is -2.28. The minimum Gasteiger partial charge on any atom is -0.323 e. The molecule has 21 heavy (non-hydrogen) atoms. The molecule has 1 fully saturated rings. The minimum atomic E-state index is 0.167. The standard InChI is InChI=1S/C16H20N2OS2/c19-15-13-11-8-4-5-9-12(11)21-14(13)17-16(20)18(15)10-6-2-1-3-7-10/h10H,1-9H2,(H,17,20). The number of thiophene rings is 1. The maximum atomic E-state index is 13.1. The maximum absolute atomic E-state index is 13.1. The molecule has 0 unspecified atom stereocenters. The monoisotopic (exact) mass is 320 g/mol. The highest BCUT2D eigenvalue weighted by Crippen LogP contribution is 2.34. The molecule has 0 radical (unpaired) electrons. The summed E-state index contributed by atoms with van der Waals surface area (Å²) in [6.07, 6.45) is 10.5. The summed E-state index contributed by atoms with van der Waals surface area (Å²) >= 11 is 7.25. The Hall–Kier alpha value is -0.940. The molecule has 112 valence electrons. The topological polar surface area (TPSA) is 37.8 Å². The molecule has 2 aromatic rings. The molecule has 0 saturated heterocycles. The van der Waals surface area contributed by atoms with Crippen LogP contribution in [0.1, 0.15) is 61.4 Å². The molecule has 2 aliphatic rings. The van der Waals surface area contributed by atoms with Gasteiger partial charge in [0.05, 0.1) is 5.39 Å². The van der Waals surface area contributed by atoms with Crippen molar-refractivity contribution in [1.29, 1.82) is 0 Å². The molecule has 1 saturated carbocycles. The predicted octanol–water partition coefficient (Wildman–Crippen LogP) is 4.50. The van der Waals surface area contributed by atoms with Crippen molar-refractivity contribution in [3.05, 3.63) is 25.6 Å². The lowest BCUT2D eigenvalue weighted by Gasteiger charge is -2.24. The Kier molecular flexibility index (Phi) is 3.50. The van der Waals surface area contributed by atoms with Gasteiger partial charge in [0.15, 0.2) is 4.77 Å². The van der Waals surface area contributed by atoms with E-state index in [1.54, 1.807) is 11.3 Å². The first-order valence-electron chi connectivity index (χ1n) is 8.05. The Bertz CT molecular complexity index is 793. The van der Waals surface area contributed by atoms with Gasteiger partial charge in [-0.2, -0.15) is 0 Å². The molecular weight excluding hydrogens is 300 g/mol. The summed E-state index contributed by atoms with van der Waals surface area (Å²) in [6.45, 7) is 0. The van der Waals surface area contributed by atoms with Crippen molar-refractivity contribution in [2.45, 2.75) is 63.8 Å². The van der Waals surface area contributed by atoms with Gasteiger partial charge < -0.3 is 4.98 Å². The molecule has 0 atom stereocenters. The summed E-state index contributed by atoms with van der Waals surface area (Å²) in [5.41, 5.74) is 1.47. The van der Waals surface area contributed by atoms with Crippen LogP contribution in [0.3, 0.4) is 0 Å². The van der Waals surface area contributed by atoms with Gasteiger partial charge >= 0.3 is 0 Å². The van der Waals surface area contributed by atoms with Gasteiger partial charge in [0, 0.05) is 10.9 Å². The molecule has 0 spiro atoms. The Morgan fingerprint density at radius 1 is 1.10 bits per heavy atom. The van der Waals surface area contributed by atoms with E-state index in [1.807, 2.05) is 4.57 Å². The molecular formula is C16H20N2OS2. The second-order valence-corrected chi connectivity index (χ2v) is 7.80. The first kappa shape index (κ1) is 13.7. The Morgan fingerprint density at radius 3 is 2.67 bits per heavy atom. The molecule has 3 nitrogen and oxygen atoms in total. The van der Waals surface area contributed by atoms with Crippen LogP contribution < -0.4 is 5.56 Å². The molecule has 5 heteroatoms. The fourth-order valence-corrected chi connectivity index (χ4v) is 5.60. The van der Waals surface area contributed by atoms with Crippen molar-refractivity contribution < 1.29 is 0 Å². The molecule has 0 aliphatic heterocycles. The largest absolute Gasteiger partial charge is 0.323 e. The normalized spacial score (nSPS) is 19.8. The van der Waals surface area contributed by atoms with Gasteiger partial charge in [-0.15, -0.1) is 11.3 Å². The summed E-state index contributed by atoms with van der Waals surface area (Å²) in [6, 6.07) is 0.304. The highest BCUT2D eigenvalue weighted by atomic mass is 32.1. The van der Waals surface area contributed by atoms with Gasteiger partial charge in [-0.05, 0) is 56.3 Å². The van der Waals surface area contributed by atoms with Crippen LogP contribution in [-0.4, -0.2) is 9.55 Å². The number of aryl methyl sites for hydroxylation is 2. The molecule has 0 bridgehead atoms. The first-order valence-corrected chi connectivity index (χ1v) is 9.27. The van der Waals surface area contributed by atoms with Crippen LogP contribution in [0.5, 0.6) is 0 Å². The molecule has 2 aromatic heterocycles. The van der Waals surface area contributed by atoms with E-state index in [4.69, 9.17) is 12.2 Å². The van der Waals surface area contributed by atoms with E-state index in [-0.39, 0.29) is 5.56 Å². The maximum Gasteiger partial charge on any atom is 0.263 e. The van der Waals surface area contributed by atoms with E-state index >= 15 is 0 Å². The highest BCUT2D eigenvalue weighted by Gasteiger charge is 2.23. The summed E-state index contributed by atoms with van der Waals surface area (Å²) < 4.78 is 2.51. The highest BCUT2D eigenvalue weighted by molar-refractivity contribution is 7.71. The van der Waals surface area contributed by atoms with E-state index in [2.05, 4.69) is 4.98 Å². The van der Waals surface area contributed by atoms with E-state index in [0.717, 1.165) is 35.9 Å². The molecule has 0 amide bonds. The molecule has 1 N–H and O–H groups in total. The lowest BCUT2D eigenvalue weighted by molar-refractivity contribution is 0.342. The van der Waals surface area contributed by atoms with Crippen LogP contribution in [0, 0.1) is 4.77 Å². The van der Waals surface area contributed by atoms with Crippen molar-refractivity contribution in [3.8, 4) is 0 Å². The van der Waals surface area contributed by atoms with Gasteiger partial charge in [-0.3, -0.25) is 9.36 Å². The average Bonchev–Trinajstić information content (AvgIpc) is 2.86. The second kappa shape index (κ2) is 5.36. The number of rotatable bonds is 1. The van der Waals surface area contributed by atoms with Crippen molar-refractivity contribution in [3.63, 3.8) is 0 Å². The number of hydrogen-bond donors (Lipinski definition) is 1. The van der Waals surface area contributed by atoms with Crippen molar-refractivity contribution >= 4 is 33.8 Å². The number of aromatic nitrogens is 2. The zero-order valence-electron chi connectivity index (χ0n) is 12.1. The fourth-order valence-electron chi connectivity index (χ4n) is 3.92. The van der Waals surface area contributed by atoms with Crippen LogP contribution >= 0.6 is 23.6 Å². The predicted molar refractivity (Wildman–Crippen MR) is 90.0 cm³/mol. The number of nitrogens with one attached hydrogen (secondary N) is 1. The molecule has 4 rings (SSSR count). The summed E-state index contributed by atoms with van der Waals surface area (Å²) in [5.74, 6) is 0. The third kappa shape index (κ3) is 2.21. The molecule has 0 aromatic carbocycles. The number of fused-ring (bicyclic) bond motifs is 3. The second-order valence-electron chi connectivity index (χ2n) is 6.31. The van der Waals surface area contributed by atoms with Gasteiger partial charge in [0.1, 0.15) is 4.83 Å². The van der Waals surface area contributed by atoms with E-state index in [9.17, 15) is 4.79 Å². The Balaban J connectivity index is 1.95. The SMILES string of the molecule is O=c1c2c3c(sc2[nH]c(=S)n1C1CCCCC1)CCCC3. The number of aromatic amines is 1. The van der Waals surface area contributed by atoms with Gasteiger partial charge in [-0.25, -0.2) is 0 Å². The van der Waals surface area contributed by atoms with Gasteiger partial charge in [-0.1, -0.05) is 19.3 Å².